The molecule has 0 radical (unpaired) electrons. The summed E-state index contributed by atoms with van der Waals surface area (Å²) in [6.45, 7) is 0. The van der Waals surface area contributed by atoms with E-state index in [0.29, 0.717) is 5.88 Å². The van der Waals surface area contributed by atoms with E-state index < -0.39 is 0 Å². The lowest BCUT2D eigenvalue weighted by Gasteiger charge is -1.84. The van der Waals surface area contributed by atoms with Gasteiger partial charge in [-0.1, -0.05) is 17.8 Å². The molecule has 0 bridgehead atoms. The molecule has 2 heteroatoms. The maximum Gasteiger partial charge on any atom is 0.0508 e. The summed E-state index contributed by atoms with van der Waals surface area (Å²) in [7, 11) is 0. The molecule has 0 aliphatic rings. The number of hydrogen-bond donors (Lipinski definition) is 0. The van der Waals surface area contributed by atoms with Crippen molar-refractivity contribution in [2.24, 2.45) is 0 Å². The molecular weight excluding hydrogens is 200 g/mol. The zero-order chi connectivity index (χ0) is 9.52. The summed E-state index contributed by atoms with van der Waals surface area (Å²) in [4.78, 5) is 0. The summed E-state index contributed by atoms with van der Waals surface area (Å²) in [5.41, 5.74) is 1.85. The van der Waals surface area contributed by atoms with Crippen molar-refractivity contribution in [3.05, 3.63) is 21.9 Å². The molecule has 0 spiro atoms. The third kappa shape index (κ3) is 3.15. The molecule has 1 heterocycles. The number of terminal acetylenes is 1. The van der Waals surface area contributed by atoms with Crippen molar-refractivity contribution in [3.8, 4) is 24.2 Å². The normalized spacial score (nSPS) is 8.62. The van der Waals surface area contributed by atoms with Crippen LogP contribution in [0.15, 0.2) is 10.8 Å². The van der Waals surface area contributed by atoms with Crippen LogP contribution in [0.2, 0.25) is 0 Å². The second-order valence-electron chi connectivity index (χ2n) is 2.44. The van der Waals surface area contributed by atoms with E-state index in [1.807, 2.05) is 10.8 Å². The molecule has 0 N–H and O–H groups in total. The summed E-state index contributed by atoms with van der Waals surface area (Å²) in [5, 5.41) is 3.91. The van der Waals surface area contributed by atoms with E-state index in [0.717, 1.165) is 24.0 Å². The highest BCUT2D eigenvalue weighted by atomic mass is 35.5. The number of thiophene rings is 1. The van der Waals surface area contributed by atoms with Crippen LogP contribution in [0, 0.1) is 24.2 Å². The van der Waals surface area contributed by atoms with Gasteiger partial charge in [0.2, 0.25) is 0 Å². The third-order valence-electron chi connectivity index (χ3n) is 1.48. The topological polar surface area (TPSA) is 0 Å². The van der Waals surface area contributed by atoms with Crippen molar-refractivity contribution in [2.45, 2.75) is 12.8 Å². The summed E-state index contributed by atoms with van der Waals surface area (Å²) < 4.78 is 0. The molecule has 0 aliphatic heterocycles. The molecule has 1 rings (SSSR count). The lowest BCUT2D eigenvalue weighted by Crippen LogP contribution is -1.75. The van der Waals surface area contributed by atoms with Gasteiger partial charge >= 0.3 is 0 Å². The van der Waals surface area contributed by atoms with Gasteiger partial charge < -0.3 is 0 Å². The fourth-order valence-electron chi connectivity index (χ4n) is 0.819. The summed E-state index contributed by atoms with van der Waals surface area (Å²) in [5.74, 6) is 9.34. The zero-order valence-corrected chi connectivity index (χ0v) is 8.71. The van der Waals surface area contributed by atoms with Gasteiger partial charge in [-0.2, -0.15) is 0 Å². The molecule has 0 aliphatic carbocycles. The SMILES string of the molecule is C#Cc1cscc1C#CCCCCl. The van der Waals surface area contributed by atoms with Crippen molar-refractivity contribution in [1.82, 2.24) is 0 Å². The number of rotatable bonds is 2. The van der Waals surface area contributed by atoms with E-state index in [1.165, 1.54) is 0 Å². The summed E-state index contributed by atoms with van der Waals surface area (Å²) in [6.07, 6.45) is 7.06. The number of unbranched alkanes of at least 4 members (excludes halogenated alkanes) is 1. The number of halogens is 1. The van der Waals surface area contributed by atoms with Crippen LogP contribution < -0.4 is 0 Å². The van der Waals surface area contributed by atoms with Crippen LogP contribution in [-0.4, -0.2) is 5.88 Å². The van der Waals surface area contributed by atoms with Crippen LogP contribution in [0.25, 0.3) is 0 Å². The number of alkyl halides is 1. The van der Waals surface area contributed by atoms with Crippen LogP contribution in [0.3, 0.4) is 0 Å². The van der Waals surface area contributed by atoms with Crippen LogP contribution in [-0.2, 0) is 0 Å². The zero-order valence-electron chi connectivity index (χ0n) is 7.14. The Morgan fingerprint density at radius 1 is 1.38 bits per heavy atom. The first-order chi connectivity index (χ1) is 6.38. The maximum atomic E-state index is 5.52. The molecule has 13 heavy (non-hydrogen) atoms. The summed E-state index contributed by atoms with van der Waals surface area (Å²) in [6, 6.07) is 0. The molecule has 0 unspecified atom stereocenters. The van der Waals surface area contributed by atoms with Crippen molar-refractivity contribution >= 4 is 22.9 Å². The average Bonchev–Trinajstić information content (AvgIpc) is 2.60. The Bertz CT molecular complexity index is 359. The molecule has 1 aromatic rings. The van der Waals surface area contributed by atoms with Crippen molar-refractivity contribution in [1.29, 1.82) is 0 Å². The first-order valence-electron chi connectivity index (χ1n) is 3.96. The highest BCUT2D eigenvalue weighted by Gasteiger charge is 1.95. The lowest BCUT2D eigenvalue weighted by molar-refractivity contribution is 0.991. The maximum absolute atomic E-state index is 5.52. The predicted octanol–water partition coefficient (Wildman–Crippen LogP) is 3.10. The molecule has 0 saturated heterocycles. The molecule has 0 fully saturated rings. The fourth-order valence-corrected chi connectivity index (χ4v) is 1.67. The number of hydrogen-bond acceptors (Lipinski definition) is 1. The molecule has 1 aromatic heterocycles. The van der Waals surface area contributed by atoms with Gasteiger partial charge in [0.1, 0.15) is 0 Å². The van der Waals surface area contributed by atoms with E-state index in [1.54, 1.807) is 11.3 Å². The minimum atomic E-state index is 0.667. The Labute approximate surface area is 87.9 Å². The van der Waals surface area contributed by atoms with E-state index in [9.17, 15) is 0 Å². The molecule has 0 saturated carbocycles. The van der Waals surface area contributed by atoms with Crippen LogP contribution in [0.1, 0.15) is 24.0 Å². The van der Waals surface area contributed by atoms with Gasteiger partial charge in [0.05, 0.1) is 11.1 Å². The first kappa shape index (κ1) is 10.2. The highest BCUT2D eigenvalue weighted by molar-refractivity contribution is 7.08. The Kier molecular flexibility index (Phi) is 4.47. The van der Waals surface area contributed by atoms with Gasteiger partial charge in [0.25, 0.3) is 0 Å². The molecular formula is C11H9ClS. The first-order valence-corrected chi connectivity index (χ1v) is 5.44. The van der Waals surface area contributed by atoms with E-state index in [4.69, 9.17) is 18.0 Å². The lowest BCUT2D eigenvalue weighted by atomic mass is 10.2. The average molecular weight is 209 g/mol. The Morgan fingerprint density at radius 2 is 2.15 bits per heavy atom. The van der Waals surface area contributed by atoms with Crippen molar-refractivity contribution in [2.75, 3.05) is 5.88 Å². The molecule has 0 atom stereocenters. The van der Waals surface area contributed by atoms with Crippen molar-refractivity contribution in [3.63, 3.8) is 0 Å². The standard InChI is InChI=1S/C11H9ClS/c1-2-10-8-13-9-11(10)6-4-3-5-7-12/h1,8-9H,3,5,7H2. The van der Waals surface area contributed by atoms with E-state index in [2.05, 4.69) is 17.8 Å². The Morgan fingerprint density at radius 3 is 2.85 bits per heavy atom. The monoisotopic (exact) mass is 208 g/mol. The van der Waals surface area contributed by atoms with Crippen LogP contribution >= 0.6 is 22.9 Å². The van der Waals surface area contributed by atoms with E-state index >= 15 is 0 Å². The van der Waals surface area contributed by atoms with Gasteiger partial charge in [-0.25, -0.2) is 0 Å². The largest absolute Gasteiger partial charge is 0.150 e. The smallest absolute Gasteiger partial charge is 0.0508 e. The molecule has 0 nitrogen and oxygen atoms in total. The van der Waals surface area contributed by atoms with Crippen LogP contribution in [0.5, 0.6) is 0 Å². The fraction of sp³-hybridized carbons (Fsp3) is 0.273. The minimum absolute atomic E-state index is 0.667. The van der Waals surface area contributed by atoms with Crippen LogP contribution in [0.4, 0.5) is 0 Å². The Hall–Kier alpha value is -0.890. The second-order valence-corrected chi connectivity index (χ2v) is 3.56. The summed E-state index contributed by atoms with van der Waals surface area (Å²) >= 11 is 7.11. The van der Waals surface area contributed by atoms with Gasteiger partial charge in [0, 0.05) is 23.1 Å². The molecule has 0 aromatic carbocycles. The van der Waals surface area contributed by atoms with Crippen molar-refractivity contribution < 1.29 is 0 Å². The quantitative estimate of drug-likeness (QED) is 0.398. The van der Waals surface area contributed by atoms with E-state index in [-0.39, 0.29) is 0 Å². The highest BCUT2D eigenvalue weighted by Crippen LogP contribution is 2.12. The third-order valence-corrected chi connectivity index (χ3v) is 2.49. The van der Waals surface area contributed by atoms with Gasteiger partial charge in [-0.05, 0) is 6.42 Å². The van der Waals surface area contributed by atoms with Gasteiger partial charge in [-0.3, -0.25) is 0 Å². The van der Waals surface area contributed by atoms with Gasteiger partial charge in [0.15, 0.2) is 0 Å². The van der Waals surface area contributed by atoms with Gasteiger partial charge in [-0.15, -0.1) is 29.4 Å². The molecule has 0 amide bonds. The predicted molar refractivity (Wildman–Crippen MR) is 59.1 cm³/mol. The minimum Gasteiger partial charge on any atom is -0.150 e. The Balaban J connectivity index is 2.62. The second kappa shape index (κ2) is 5.70. The molecule has 66 valence electrons.